The number of phenols is 1. The lowest BCUT2D eigenvalue weighted by Crippen LogP contribution is -1.90. The molecule has 1 atom stereocenters. The maximum absolute atomic E-state index is 9.44. The first kappa shape index (κ1) is 8.61. The normalized spacial score (nSPS) is 12.1. The molecular weight excluding hydrogens is 150 g/mol. The van der Waals surface area contributed by atoms with Gasteiger partial charge in [0.2, 0.25) is 0 Å². The molecule has 0 aliphatic carbocycles. The summed E-state index contributed by atoms with van der Waals surface area (Å²) in [4.78, 5) is 0. The maximum Gasteiger partial charge on any atom is 0.120 e. The molecule has 0 aliphatic heterocycles. The fraction of sp³-hybridized carbons (Fsp3) is 0.300. The minimum absolute atomic E-state index is 0.212. The van der Waals surface area contributed by atoms with Crippen molar-refractivity contribution in [2.24, 2.45) is 0 Å². The highest BCUT2D eigenvalue weighted by atomic mass is 16.3. The fourth-order valence-electron chi connectivity index (χ4n) is 1.09. The fourth-order valence-corrected chi connectivity index (χ4v) is 1.09. The number of aryl methyl sites for hydroxylation is 1. The second-order valence-electron chi connectivity index (χ2n) is 2.91. The maximum atomic E-state index is 9.44. The summed E-state index contributed by atoms with van der Waals surface area (Å²) in [5.74, 6) is -0.0327. The number of hydrogen-bond donors (Lipinski definition) is 1. The van der Waals surface area contributed by atoms with Gasteiger partial charge in [0.15, 0.2) is 0 Å². The van der Waals surface area contributed by atoms with Crippen LogP contribution in [-0.2, 0) is 0 Å². The first-order valence-corrected chi connectivity index (χ1v) is 3.84. The number of phenolic OH excluding ortho intramolecular Hbond substituents is 1. The zero-order chi connectivity index (χ0) is 9.14. The Morgan fingerprint density at radius 3 is 2.67 bits per heavy atom. The number of benzene rings is 1. The Morgan fingerprint density at radius 1 is 1.50 bits per heavy atom. The van der Waals surface area contributed by atoms with E-state index < -0.39 is 0 Å². The van der Waals surface area contributed by atoms with Gasteiger partial charge in [0.25, 0.3) is 0 Å². The Kier molecular flexibility index (Phi) is 2.35. The molecule has 1 rings (SSSR count). The minimum Gasteiger partial charge on any atom is -0.508 e. The highest BCUT2D eigenvalue weighted by Gasteiger charge is 2.08. The zero-order valence-corrected chi connectivity index (χ0v) is 7.20. The van der Waals surface area contributed by atoms with Crippen molar-refractivity contribution in [3.63, 3.8) is 0 Å². The summed E-state index contributed by atoms with van der Waals surface area (Å²) in [7, 11) is 0. The Morgan fingerprint density at radius 2 is 2.17 bits per heavy atom. The van der Waals surface area contributed by atoms with Gasteiger partial charge in [0, 0.05) is 5.56 Å². The molecule has 0 spiro atoms. The molecule has 1 N–H and O–H groups in total. The SMILES string of the molecule is Cc1ccc(C(C)C#N)c(O)c1. The van der Waals surface area contributed by atoms with Gasteiger partial charge in [-0.1, -0.05) is 12.1 Å². The third-order valence-electron chi connectivity index (χ3n) is 1.85. The molecule has 0 heterocycles. The monoisotopic (exact) mass is 161 g/mol. The van der Waals surface area contributed by atoms with Crippen LogP contribution in [0.15, 0.2) is 18.2 Å². The summed E-state index contributed by atoms with van der Waals surface area (Å²) in [5.41, 5.74) is 1.70. The van der Waals surface area contributed by atoms with Crippen molar-refractivity contribution < 1.29 is 5.11 Å². The predicted molar refractivity (Wildman–Crippen MR) is 46.9 cm³/mol. The molecule has 1 aromatic rings. The lowest BCUT2D eigenvalue weighted by atomic mass is 10.0. The van der Waals surface area contributed by atoms with E-state index in [4.69, 9.17) is 5.26 Å². The largest absolute Gasteiger partial charge is 0.508 e. The smallest absolute Gasteiger partial charge is 0.120 e. The Hall–Kier alpha value is -1.49. The summed E-state index contributed by atoms with van der Waals surface area (Å²) < 4.78 is 0. The molecule has 1 aromatic carbocycles. The van der Waals surface area contributed by atoms with Gasteiger partial charge >= 0.3 is 0 Å². The second-order valence-corrected chi connectivity index (χ2v) is 2.91. The predicted octanol–water partition coefficient (Wildman–Crippen LogP) is 2.33. The van der Waals surface area contributed by atoms with Crippen molar-refractivity contribution in [2.75, 3.05) is 0 Å². The molecule has 1 unspecified atom stereocenters. The van der Waals surface area contributed by atoms with E-state index in [-0.39, 0.29) is 11.7 Å². The molecular formula is C10H11NO. The Labute approximate surface area is 72.1 Å². The molecule has 0 aromatic heterocycles. The number of nitriles is 1. The van der Waals surface area contributed by atoms with Crippen LogP contribution < -0.4 is 0 Å². The summed E-state index contributed by atoms with van der Waals surface area (Å²) in [5, 5.41) is 18.1. The van der Waals surface area contributed by atoms with Crippen molar-refractivity contribution >= 4 is 0 Å². The lowest BCUT2D eigenvalue weighted by Gasteiger charge is -2.05. The number of rotatable bonds is 1. The van der Waals surface area contributed by atoms with Crippen LogP contribution in [-0.4, -0.2) is 5.11 Å². The van der Waals surface area contributed by atoms with Gasteiger partial charge < -0.3 is 5.11 Å². The number of hydrogen-bond acceptors (Lipinski definition) is 2. The van der Waals surface area contributed by atoms with Crippen LogP contribution >= 0.6 is 0 Å². The molecule has 0 saturated carbocycles. The molecule has 2 heteroatoms. The van der Waals surface area contributed by atoms with E-state index in [1.807, 2.05) is 13.0 Å². The quantitative estimate of drug-likeness (QED) is 0.687. The van der Waals surface area contributed by atoms with Crippen LogP contribution in [0.5, 0.6) is 5.75 Å². The molecule has 12 heavy (non-hydrogen) atoms. The summed E-state index contributed by atoms with van der Waals surface area (Å²) in [6.07, 6.45) is 0. The van der Waals surface area contributed by atoms with E-state index in [1.165, 1.54) is 0 Å². The van der Waals surface area contributed by atoms with Crippen LogP contribution in [0.25, 0.3) is 0 Å². The first-order chi connectivity index (χ1) is 5.65. The van der Waals surface area contributed by atoms with Gasteiger partial charge in [-0.15, -0.1) is 0 Å². The summed E-state index contributed by atoms with van der Waals surface area (Å²) in [6.45, 7) is 3.67. The highest BCUT2D eigenvalue weighted by molar-refractivity contribution is 5.40. The Balaban J connectivity index is 3.11. The Bertz CT molecular complexity index is 325. The van der Waals surface area contributed by atoms with Crippen molar-refractivity contribution in [2.45, 2.75) is 19.8 Å². The molecule has 0 bridgehead atoms. The highest BCUT2D eigenvalue weighted by Crippen LogP contribution is 2.25. The second kappa shape index (κ2) is 3.27. The van der Waals surface area contributed by atoms with E-state index in [2.05, 4.69) is 6.07 Å². The molecule has 0 amide bonds. The minimum atomic E-state index is -0.245. The van der Waals surface area contributed by atoms with E-state index in [0.717, 1.165) is 5.56 Å². The van der Waals surface area contributed by atoms with Crippen LogP contribution in [0.3, 0.4) is 0 Å². The average Bonchev–Trinajstić information content (AvgIpc) is 2.03. The van der Waals surface area contributed by atoms with E-state index in [1.54, 1.807) is 19.1 Å². The third-order valence-corrected chi connectivity index (χ3v) is 1.85. The van der Waals surface area contributed by atoms with E-state index in [9.17, 15) is 5.11 Å². The van der Waals surface area contributed by atoms with Gasteiger partial charge in [0.05, 0.1) is 12.0 Å². The van der Waals surface area contributed by atoms with Gasteiger partial charge in [-0.2, -0.15) is 5.26 Å². The van der Waals surface area contributed by atoms with Gasteiger partial charge in [-0.05, 0) is 25.5 Å². The average molecular weight is 161 g/mol. The standard InChI is InChI=1S/C10H11NO/c1-7-3-4-9(8(2)6-11)10(12)5-7/h3-5,8,12H,1-2H3. The summed E-state index contributed by atoms with van der Waals surface area (Å²) in [6, 6.07) is 7.43. The van der Waals surface area contributed by atoms with E-state index in [0.29, 0.717) is 5.56 Å². The van der Waals surface area contributed by atoms with Crippen LogP contribution in [0.1, 0.15) is 24.0 Å². The van der Waals surface area contributed by atoms with Gasteiger partial charge in [-0.3, -0.25) is 0 Å². The number of aromatic hydroxyl groups is 1. The van der Waals surface area contributed by atoms with Crippen molar-refractivity contribution in [1.29, 1.82) is 5.26 Å². The third kappa shape index (κ3) is 1.57. The molecule has 2 nitrogen and oxygen atoms in total. The van der Waals surface area contributed by atoms with Crippen LogP contribution in [0.2, 0.25) is 0 Å². The molecule has 0 aliphatic rings. The number of nitrogens with zero attached hydrogens (tertiary/aromatic N) is 1. The van der Waals surface area contributed by atoms with Crippen molar-refractivity contribution in [3.8, 4) is 11.8 Å². The van der Waals surface area contributed by atoms with Crippen LogP contribution in [0, 0.1) is 18.3 Å². The van der Waals surface area contributed by atoms with Crippen molar-refractivity contribution in [3.05, 3.63) is 29.3 Å². The van der Waals surface area contributed by atoms with Crippen molar-refractivity contribution in [1.82, 2.24) is 0 Å². The molecule has 0 saturated heterocycles. The van der Waals surface area contributed by atoms with Gasteiger partial charge in [0.1, 0.15) is 5.75 Å². The first-order valence-electron chi connectivity index (χ1n) is 3.84. The topological polar surface area (TPSA) is 44.0 Å². The van der Waals surface area contributed by atoms with Crippen LogP contribution in [0.4, 0.5) is 0 Å². The zero-order valence-electron chi connectivity index (χ0n) is 7.20. The van der Waals surface area contributed by atoms with E-state index >= 15 is 0 Å². The molecule has 0 radical (unpaired) electrons. The summed E-state index contributed by atoms with van der Waals surface area (Å²) >= 11 is 0. The van der Waals surface area contributed by atoms with Gasteiger partial charge in [-0.25, -0.2) is 0 Å². The molecule has 0 fully saturated rings. The molecule has 62 valence electrons. The lowest BCUT2D eigenvalue weighted by molar-refractivity contribution is 0.466.